The van der Waals surface area contributed by atoms with Gasteiger partial charge in [-0.1, -0.05) is 38.0 Å². The van der Waals surface area contributed by atoms with Gasteiger partial charge in [0.05, 0.1) is 24.4 Å². The second-order valence-corrected chi connectivity index (χ2v) is 10.6. The second kappa shape index (κ2) is 13.4. The van der Waals surface area contributed by atoms with Crippen molar-refractivity contribution in [3.63, 3.8) is 0 Å². The third-order valence-corrected chi connectivity index (χ3v) is 7.19. The highest BCUT2D eigenvalue weighted by Gasteiger charge is 2.24. The predicted molar refractivity (Wildman–Crippen MR) is 152 cm³/mol. The molecule has 1 N–H and O–H groups in total. The van der Waals surface area contributed by atoms with Gasteiger partial charge in [0, 0.05) is 30.2 Å². The number of hydrogen-bond acceptors (Lipinski definition) is 9. The summed E-state index contributed by atoms with van der Waals surface area (Å²) in [6, 6.07) is 9.30. The first-order valence-corrected chi connectivity index (χ1v) is 14.1. The number of pyridine rings is 1. The molecule has 4 aromatic rings. The van der Waals surface area contributed by atoms with Gasteiger partial charge in [-0.2, -0.15) is 0 Å². The van der Waals surface area contributed by atoms with Crippen LogP contribution in [0.15, 0.2) is 46.3 Å². The summed E-state index contributed by atoms with van der Waals surface area (Å²) in [5.74, 6) is 1.35. The zero-order valence-electron chi connectivity index (χ0n) is 22.9. The van der Waals surface area contributed by atoms with Crippen molar-refractivity contribution in [1.82, 2.24) is 25.2 Å². The number of hydrogen-bond donors (Lipinski definition) is 1. The third-order valence-electron chi connectivity index (χ3n) is 6.35. The van der Waals surface area contributed by atoms with Crippen molar-refractivity contribution >= 4 is 33.9 Å². The van der Waals surface area contributed by atoms with Crippen LogP contribution >= 0.6 is 11.3 Å². The minimum Gasteiger partial charge on any atom is -0.480 e. The number of ether oxygens (including phenoxy) is 1. The number of oxazole rings is 1. The van der Waals surface area contributed by atoms with Crippen LogP contribution in [0.25, 0.3) is 22.2 Å². The number of carbonyl (C=O) groups excluding carboxylic acids is 2. The predicted octanol–water partition coefficient (Wildman–Crippen LogP) is 5.82. The number of ketones is 1. The zero-order chi connectivity index (χ0) is 27.8. The number of methoxy groups -OCH3 is 1. The van der Waals surface area contributed by atoms with E-state index in [2.05, 4.69) is 20.3 Å². The molecule has 0 aliphatic rings. The standard InChI is InChI=1S/C29H35N5O4S/c1-5-20(35)12-7-6-8-14-23(32-27(36)24-18-39-26(31-24)17-34(2)3)29-30-16-25(38-29)21-15-19-11-9-10-13-22(19)33-28(21)37-4/h9-11,13,15-16,18,23H,5-8,12,14,17H2,1-4H3,(H,32,36)/t23-/m0/s1. The quantitative estimate of drug-likeness (QED) is 0.196. The molecule has 0 saturated carbocycles. The molecule has 3 aromatic heterocycles. The van der Waals surface area contributed by atoms with Gasteiger partial charge in [-0.05, 0) is 39.1 Å². The molecule has 9 nitrogen and oxygen atoms in total. The first-order valence-electron chi connectivity index (χ1n) is 13.2. The Morgan fingerprint density at radius 2 is 1.97 bits per heavy atom. The van der Waals surface area contributed by atoms with Crippen molar-refractivity contribution in [3.8, 4) is 17.2 Å². The molecule has 39 heavy (non-hydrogen) atoms. The molecule has 0 unspecified atom stereocenters. The Morgan fingerprint density at radius 3 is 2.74 bits per heavy atom. The van der Waals surface area contributed by atoms with Crippen molar-refractivity contribution < 1.29 is 18.7 Å². The fourth-order valence-corrected chi connectivity index (χ4v) is 5.17. The summed E-state index contributed by atoms with van der Waals surface area (Å²) in [6.07, 6.45) is 5.91. The summed E-state index contributed by atoms with van der Waals surface area (Å²) in [5.41, 5.74) is 1.88. The maximum Gasteiger partial charge on any atom is 0.271 e. The van der Waals surface area contributed by atoms with E-state index >= 15 is 0 Å². The number of rotatable bonds is 14. The molecule has 0 spiro atoms. The molecular weight excluding hydrogens is 514 g/mol. The molecule has 0 saturated heterocycles. The molecule has 1 aromatic carbocycles. The fourth-order valence-electron chi connectivity index (χ4n) is 4.28. The fraction of sp³-hybridized carbons (Fsp3) is 0.414. The molecule has 0 aliphatic heterocycles. The van der Waals surface area contributed by atoms with E-state index in [0.29, 0.717) is 54.6 Å². The van der Waals surface area contributed by atoms with Crippen LogP contribution in [0.3, 0.4) is 0 Å². The summed E-state index contributed by atoms with van der Waals surface area (Å²) in [6.45, 7) is 2.55. The maximum absolute atomic E-state index is 13.1. The molecule has 1 atom stereocenters. The Hall–Kier alpha value is -3.63. The van der Waals surface area contributed by atoms with Crippen LogP contribution < -0.4 is 10.1 Å². The molecule has 10 heteroatoms. The van der Waals surface area contributed by atoms with E-state index in [4.69, 9.17) is 9.15 Å². The lowest BCUT2D eigenvalue weighted by Gasteiger charge is -2.15. The van der Waals surface area contributed by atoms with Crippen molar-refractivity contribution in [2.24, 2.45) is 0 Å². The average Bonchev–Trinajstić information content (AvgIpc) is 3.61. The van der Waals surface area contributed by atoms with E-state index in [1.54, 1.807) is 18.7 Å². The van der Waals surface area contributed by atoms with E-state index < -0.39 is 6.04 Å². The van der Waals surface area contributed by atoms with Crippen LogP contribution in [0.5, 0.6) is 5.88 Å². The summed E-state index contributed by atoms with van der Waals surface area (Å²) in [7, 11) is 5.50. The monoisotopic (exact) mass is 549 g/mol. The lowest BCUT2D eigenvalue weighted by atomic mass is 10.0. The number of fused-ring (bicyclic) bond motifs is 1. The maximum atomic E-state index is 13.1. The number of benzene rings is 1. The van der Waals surface area contributed by atoms with E-state index in [1.165, 1.54) is 11.3 Å². The Kier molecular flexibility index (Phi) is 9.78. The molecule has 0 bridgehead atoms. The van der Waals surface area contributed by atoms with Gasteiger partial charge < -0.3 is 19.4 Å². The number of aromatic nitrogens is 3. The van der Waals surface area contributed by atoms with Gasteiger partial charge in [0.2, 0.25) is 11.8 Å². The summed E-state index contributed by atoms with van der Waals surface area (Å²) >= 11 is 1.46. The number of amides is 1. The highest BCUT2D eigenvalue weighted by Crippen LogP contribution is 2.33. The largest absolute Gasteiger partial charge is 0.480 e. The summed E-state index contributed by atoms with van der Waals surface area (Å²) in [5, 5.41) is 6.67. The molecular formula is C29H35N5O4S. The van der Waals surface area contributed by atoms with Gasteiger partial charge in [0.1, 0.15) is 22.5 Å². The average molecular weight is 550 g/mol. The number of nitrogens with one attached hydrogen (secondary N) is 1. The van der Waals surface area contributed by atoms with Gasteiger partial charge in [0.15, 0.2) is 5.76 Å². The van der Waals surface area contributed by atoms with Crippen molar-refractivity contribution in [2.75, 3.05) is 21.2 Å². The Labute approximate surface area is 232 Å². The molecule has 4 rings (SSSR count). The van der Waals surface area contributed by atoms with Crippen LogP contribution in [0.2, 0.25) is 0 Å². The van der Waals surface area contributed by atoms with Gasteiger partial charge in [-0.15, -0.1) is 11.3 Å². The molecule has 0 radical (unpaired) electrons. The van der Waals surface area contributed by atoms with Crippen LogP contribution in [0.4, 0.5) is 0 Å². The Bertz CT molecular complexity index is 1410. The molecule has 0 fully saturated rings. The molecule has 3 heterocycles. The first kappa shape index (κ1) is 28.4. The third kappa shape index (κ3) is 7.48. The van der Waals surface area contributed by atoms with Crippen LogP contribution in [0, 0.1) is 0 Å². The smallest absolute Gasteiger partial charge is 0.271 e. The van der Waals surface area contributed by atoms with Crippen molar-refractivity contribution in [3.05, 3.63) is 58.5 Å². The Morgan fingerprint density at radius 1 is 1.15 bits per heavy atom. The lowest BCUT2D eigenvalue weighted by molar-refractivity contribution is -0.118. The van der Waals surface area contributed by atoms with Crippen LogP contribution in [-0.2, 0) is 11.3 Å². The minimum atomic E-state index is -0.452. The van der Waals surface area contributed by atoms with E-state index in [0.717, 1.165) is 35.2 Å². The minimum absolute atomic E-state index is 0.271. The first-order chi connectivity index (χ1) is 18.9. The zero-order valence-corrected chi connectivity index (χ0v) is 23.7. The Balaban J connectivity index is 1.54. The number of thiazole rings is 1. The number of unbranched alkanes of at least 4 members (excludes halogenated alkanes) is 2. The second-order valence-electron chi connectivity index (χ2n) is 9.68. The van der Waals surface area contributed by atoms with E-state index in [-0.39, 0.29) is 11.7 Å². The summed E-state index contributed by atoms with van der Waals surface area (Å²) < 4.78 is 11.7. The van der Waals surface area contributed by atoms with Gasteiger partial charge in [-0.25, -0.2) is 15.0 Å². The molecule has 1 amide bonds. The van der Waals surface area contributed by atoms with E-state index in [9.17, 15) is 9.59 Å². The van der Waals surface area contributed by atoms with Gasteiger partial charge >= 0.3 is 0 Å². The highest BCUT2D eigenvalue weighted by molar-refractivity contribution is 7.09. The lowest BCUT2D eigenvalue weighted by Crippen LogP contribution is -2.29. The molecule has 206 valence electrons. The SMILES string of the molecule is CCC(=O)CCCCC[C@H](NC(=O)c1csc(CN(C)C)n1)c1ncc(-c2cc3ccccc3nc2OC)o1. The summed E-state index contributed by atoms with van der Waals surface area (Å²) in [4.78, 5) is 40.5. The van der Waals surface area contributed by atoms with Crippen molar-refractivity contribution in [2.45, 2.75) is 58.0 Å². The number of carbonyl (C=O) groups is 2. The topological polar surface area (TPSA) is 110 Å². The number of Topliss-reactive ketones (excluding diaryl/α,β-unsaturated/α-hetero) is 1. The number of nitrogens with zero attached hydrogens (tertiary/aromatic N) is 4. The van der Waals surface area contributed by atoms with Gasteiger partial charge in [0.25, 0.3) is 5.91 Å². The van der Waals surface area contributed by atoms with Crippen molar-refractivity contribution in [1.29, 1.82) is 0 Å². The van der Waals surface area contributed by atoms with Crippen LogP contribution in [-0.4, -0.2) is 52.7 Å². The highest BCUT2D eigenvalue weighted by atomic mass is 32.1. The number of para-hydroxylation sites is 1. The van der Waals surface area contributed by atoms with E-state index in [1.807, 2.05) is 56.3 Å². The van der Waals surface area contributed by atoms with Gasteiger partial charge in [-0.3, -0.25) is 9.59 Å². The normalized spacial score (nSPS) is 12.1. The molecule has 0 aliphatic carbocycles. The van der Waals surface area contributed by atoms with Crippen LogP contribution in [0.1, 0.15) is 72.9 Å².